The molecule has 0 aromatic heterocycles. The summed E-state index contributed by atoms with van der Waals surface area (Å²) in [4.78, 5) is 48.8. The number of esters is 1. The summed E-state index contributed by atoms with van der Waals surface area (Å²) >= 11 is 0. The summed E-state index contributed by atoms with van der Waals surface area (Å²) in [5.41, 5.74) is 1.04. The Hall–Kier alpha value is -3.75. The maximum Gasteiger partial charge on any atom is 0.311 e. The minimum atomic E-state index is -0.752. The van der Waals surface area contributed by atoms with Crippen LogP contribution in [0.25, 0.3) is 0 Å². The Morgan fingerprint density at radius 1 is 1.21 bits per heavy atom. The summed E-state index contributed by atoms with van der Waals surface area (Å²) in [6.45, 7) is 1.20. The van der Waals surface area contributed by atoms with Gasteiger partial charge in [0.1, 0.15) is 0 Å². The topological polar surface area (TPSA) is 119 Å². The van der Waals surface area contributed by atoms with Gasteiger partial charge in [-0.2, -0.15) is 0 Å². The second kappa shape index (κ2) is 8.51. The van der Waals surface area contributed by atoms with Gasteiger partial charge in [-0.05, 0) is 19.1 Å². The molecule has 9 nitrogen and oxygen atoms in total. The van der Waals surface area contributed by atoms with Crippen LogP contribution in [0.1, 0.15) is 18.9 Å². The predicted molar refractivity (Wildman–Crippen MR) is 104 cm³/mol. The van der Waals surface area contributed by atoms with Gasteiger partial charge < -0.3 is 15.0 Å². The smallest absolute Gasteiger partial charge is 0.311 e. The van der Waals surface area contributed by atoms with Gasteiger partial charge in [0.05, 0.1) is 22.7 Å². The standard InChI is InChI=1S/C20H19N3O6/c1-13-10-18(24)21-15-7-3-5-9-17(15)22(13)19(25)12-29-20(26)11-14-6-2-4-8-16(14)23(27)28/h2-9,13H,10-12H2,1H3,(H,21,24)/t13-/m0/s1. The Labute approximate surface area is 166 Å². The first kappa shape index (κ1) is 20.0. The largest absolute Gasteiger partial charge is 0.455 e. The Morgan fingerprint density at radius 2 is 1.90 bits per heavy atom. The van der Waals surface area contributed by atoms with E-state index >= 15 is 0 Å². The third kappa shape index (κ3) is 4.57. The molecule has 0 fully saturated rings. The van der Waals surface area contributed by atoms with Gasteiger partial charge >= 0.3 is 5.97 Å². The molecule has 1 aliphatic rings. The number of rotatable bonds is 5. The number of carbonyl (C=O) groups excluding carboxylic acids is 3. The molecule has 0 radical (unpaired) electrons. The number of benzene rings is 2. The molecule has 0 aliphatic carbocycles. The number of nitro groups is 1. The van der Waals surface area contributed by atoms with Crippen LogP contribution >= 0.6 is 0 Å². The molecule has 2 amide bonds. The molecule has 0 saturated carbocycles. The molecule has 1 atom stereocenters. The summed E-state index contributed by atoms with van der Waals surface area (Å²) in [6.07, 6.45) is -0.221. The first-order valence-corrected chi connectivity index (χ1v) is 8.95. The number of nitro benzene ring substituents is 1. The number of nitrogens with zero attached hydrogens (tertiary/aromatic N) is 2. The van der Waals surface area contributed by atoms with Crippen molar-refractivity contribution in [2.45, 2.75) is 25.8 Å². The van der Waals surface area contributed by atoms with Crippen molar-refractivity contribution < 1.29 is 24.0 Å². The molecule has 2 aromatic rings. The van der Waals surface area contributed by atoms with Crippen molar-refractivity contribution >= 4 is 34.8 Å². The number of amides is 2. The zero-order chi connectivity index (χ0) is 21.0. The fourth-order valence-electron chi connectivity index (χ4n) is 3.22. The first-order chi connectivity index (χ1) is 13.9. The third-order valence-corrected chi connectivity index (χ3v) is 4.51. The average molecular weight is 397 g/mol. The Kier molecular flexibility index (Phi) is 5.87. The van der Waals surface area contributed by atoms with Gasteiger partial charge in [0.15, 0.2) is 6.61 Å². The number of carbonyl (C=O) groups is 3. The van der Waals surface area contributed by atoms with Gasteiger partial charge in [-0.25, -0.2) is 0 Å². The summed E-state index contributed by atoms with van der Waals surface area (Å²) in [7, 11) is 0. The lowest BCUT2D eigenvalue weighted by atomic mass is 10.1. The molecule has 0 spiro atoms. The average Bonchev–Trinajstić information content (AvgIpc) is 2.80. The van der Waals surface area contributed by atoms with E-state index in [-0.39, 0.29) is 30.0 Å². The molecule has 9 heteroatoms. The van der Waals surface area contributed by atoms with Gasteiger partial charge in [-0.15, -0.1) is 0 Å². The number of hydrogen-bond donors (Lipinski definition) is 1. The fourth-order valence-corrected chi connectivity index (χ4v) is 3.22. The number of fused-ring (bicyclic) bond motifs is 1. The maximum absolute atomic E-state index is 12.8. The van der Waals surface area contributed by atoms with Crippen LogP contribution in [0.3, 0.4) is 0 Å². The van der Waals surface area contributed by atoms with E-state index in [1.165, 1.54) is 23.1 Å². The molecule has 1 N–H and O–H groups in total. The maximum atomic E-state index is 12.8. The van der Waals surface area contributed by atoms with E-state index in [2.05, 4.69) is 5.32 Å². The van der Waals surface area contributed by atoms with Gasteiger partial charge in [0, 0.05) is 24.1 Å². The number of anilines is 2. The lowest BCUT2D eigenvalue weighted by Crippen LogP contribution is -2.41. The Balaban J connectivity index is 1.70. The van der Waals surface area contributed by atoms with Crippen LogP contribution in [0, 0.1) is 10.1 Å². The zero-order valence-corrected chi connectivity index (χ0v) is 15.7. The molecule has 150 valence electrons. The Bertz CT molecular complexity index is 974. The molecule has 3 rings (SSSR count). The normalized spacial score (nSPS) is 15.7. The van der Waals surface area contributed by atoms with E-state index < -0.39 is 29.4 Å². The Morgan fingerprint density at radius 3 is 2.66 bits per heavy atom. The van der Waals surface area contributed by atoms with Gasteiger partial charge in [-0.1, -0.05) is 30.3 Å². The van der Waals surface area contributed by atoms with Crippen molar-refractivity contribution in [3.63, 3.8) is 0 Å². The molecule has 29 heavy (non-hydrogen) atoms. The van der Waals surface area contributed by atoms with Gasteiger partial charge in [0.2, 0.25) is 5.91 Å². The predicted octanol–water partition coefficient (Wildman–Crippen LogP) is 2.44. The van der Waals surface area contributed by atoms with E-state index in [0.29, 0.717) is 11.4 Å². The lowest BCUT2D eigenvalue weighted by Gasteiger charge is -2.27. The van der Waals surface area contributed by atoms with E-state index in [4.69, 9.17) is 4.74 Å². The third-order valence-electron chi connectivity index (χ3n) is 4.51. The van der Waals surface area contributed by atoms with E-state index in [9.17, 15) is 24.5 Å². The highest BCUT2D eigenvalue weighted by molar-refractivity contribution is 6.05. The second-order valence-corrected chi connectivity index (χ2v) is 6.61. The van der Waals surface area contributed by atoms with Crippen molar-refractivity contribution in [1.82, 2.24) is 0 Å². The minimum Gasteiger partial charge on any atom is -0.455 e. The summed E-state index contributed by atoms with van der Waals surface area (Å²) in [6, 6.07) is 12.3. The summed E-state index contributed by atoms with van der Waals surface area (Å²) < 4.78 is 5.07. The summed E-state index contributed by atoms with van der Waals surface area (Å²) in [5.74, 6) is -1.45. The van der Waals surface area contributed by atoms with Crippen LogP contribution in [0.4, 0.5) is 17.1 Å². The van der Waals surface area contributed by atoms with Crippen molar-refractivity contribution in [3.05, 3.63) is 64.2 Å². The highest BCUT2D eigenvalue weighted by Gasteiger charge is 2.30. The second-order valence-electron chi connectivity index (χ2n) is 6.61. The van der Waals surface area contributed by atoms with Crippen LogP contribution in [0.2, 0.25) is 0 Å². The number of nitrogens with one attached hydrogen (secondary N) is 1. The zero-order valence-electron chi connectivity index (χ0n) is 15.7. The van der Waals surface area contributed by atoms with E-state index in [1.807, 2.05) is 0 Å². The molecular weight excluding hydrogens is 378 g/mol. The van der Waals surface area contributed by atoms with E-state index in [0.717, 1.165) is 0 Å². The van der Waals surface area contributed by atoms with Gasteiger partial charge in [-0.3, -0.25) is 24.5 Å². The fraction of sp³-hybridized carbons (Fsp3) is 0.250. The van der Waals surface area contributed by atoms with Crippen molar-refractivity contribution in [2.75, 3.05) is 16.8 Å². The molecule has 0 unspecified atom stereocenters. The van der Waals surface area contributed by atoms with Crippen LogP contribution in [0.5, 0.6) is 0 Å². The van der Waals surface area contributed by atoms with Crippen molar-refractivity contribution in [2.24, 2.45) is 0 Å². The molecular formula is C20H19N3O6. The monoisotopic (exact) mass is 397 g/mol. The van der Waals surface area contributed by atoms with Crippen molar-refractivity contribution in [1.29, 1.82) is 0 Å². The molecule has 2 aromatic carbocycles. The van der Waals surface area contributed by atoms with Crippen LogP contribution in [-0.2, 0) is 25.5 Å². The van der Waals surface area contributed by atoms with Crippen LogP contribution in [0.15, 0.2) is 48.5 Å². The highest BCUT2D eigenvalue weighted by Crippen LogP contribution is 2.31. The highest BCUT2D eigenvalue weighted by atomic mass is 16.6. The minimum absolute atomic E-state index is 0.102. The molecule has 0 bridgehead atoms. The van der Waals surface area contributed by atoms with E-state index in [1.54, 1.807) is 37.3 Å². The van der Waals surface area contributed by atoms with Gasteiger partial charge in [0.25, 0.3) is 11.6 Å². The van der Waals surface area contributed by atoms with Crippen LogP contribution < -0.4 is 10.2 Å². The molecule has 1 heterocycles. The lowest BCUT2D eigenvalue weighted by molar-refractivity contribution is -0.385. The van der Waals surface area contributed by atoms with Crippen molar-refractivity contribution in [3.8, 4) is 0 Å². The molecule has 1 aliphatic heterocycles. The quantitative estimate of drug-likeness (QED) is 0.470. The number of hydrogen-bond acceptors (Lipinski definition) is 6. The molecule has 0 saturated heterocycles. The number of para-hydroxylation sites is 3. The summed E-state index contributed by atoms with van der Waals surface area (Å²) in [5, 5.41) is 13.8. The van der Waals surface area contributed by atoms with Crippen LogP contribution in [-0.4, -0.2) is 35.4 Å². The first-order valence-electron chi connectivity index (χ1n) is 8.95. The SMILES string of the molecule is C[C@H]1CC(=O)Nc2ccccc2N1C(=O)COC(=O)Cc1ccccc1[N+](=O)[O-]. The number of ether oxygens (including phenoxy) is 1.